The molecule has 0 spiro atoms. The number of aromatic nitrogens is 2. The Morgan fingerprint density at radius 1 is 1.32 bits per heavy atom. The second-order valence-corrected chi connectivity index (χ2v) is 3.84. The maximum absolute atomic E-state index is 13.5. The lowest BCUT2D eigenvalue weighted by molar-refractivity contribution is 0.0593. The van der Waals surface area contributed by atoms with Crippen LogP contribution in [-0.2, 0) is 4.74 Å². The topological polar surface area (TPSA) is 61.3 Å². The largest absolute Gasteiger partial charge is 0.464 e. The molecule has 2 aromatic rings. The number of esters is 1. The lowest BCUT2D eigenvalue weighted by Gasteiger charge is -2.05. The van der Waals surface area contributed by atoms with Crippen LogP contribution in [0.4, 0.5) is 4.39 Å². The van der Waals surface area contributed by atoms with Gasteiger partial charge in [0.05, 0.1) is 19.5 Å². The Kier molecular flexibility index (Phi) is 3.91. The smallest absolute Gasteiger partial charge is 0.358 e. The Hall–Kier alpha value is -2.21. The molecule has 1 heterocycles. The van der Waals surface area contributed by atoms with E-state index in [4.69, 9.17) is 16.3 Å². The van der Waals surface area contributed by atoms with Gasteiger partial charge in [0.25, 0.3) is 0 Å². The minimum atomic E-state index is -0.619. The third kappa shape index (κ3) is 3.17. The molecule has 0 unspecified atom stereocenters. The fraction of sp³-hybridized carbons (Fsp3) is 0.0833. The van der Waals surface area contributed by atoms with Crippen LogP contribution in [0.25, 0.3) is 0 Å². The van der Waals surface area contributed by atoms with Gasteiger partial charge in [-0.2, -0.15) is 0 Å². The second kappa shape index (κ2) is 5.62. The number of hydrogen-bond donors (Lipinski definition) is 0. The maximum Gasteiger partial charge on any atom is 0.358 e. The van der Waals surface area contributed by atoms with Gasteiger partial charge in [-0.15, -0.1) is 0 Å². The van der Waals surface area contributed by atoms with Gasteiger partial charge in [0.1, 0.15) is 0 Å². The zero-order chi connectivity index (χ0) is 13.8. The summed E-state index contributed by atoms with van der Waals surface area (Å²) in [5.41, 5.74) is 0.0337. The first-order chi connectivity index (χ1) is 9.10. The van der Waals surface area contributed by atoms with Crippen LogP contribution in [0.1, 0.15) is 10.5 Å². The van der Waals surface area contributed by atoms with Crippen LogP contribution >= 0.6 is 11.6 Å². The van der Waals surface area contributed by atoms with Gasteiger partial charge < -0.3 is 9.47 Å². The molecule has 0 fully saturated rings. The fourth-order valence-electron chi connectivity index (χ4n) is 1.25. The van der Waals surface area contributed by atoms with Crippen molar-refractivity contribution in [2.45, 2.75) is 0 Å². The van der Waals surface area contributed by atoms with E-state index in [1.165, 1.54) is 31.6 Å². The molecule has 2 rings (SSSR count). The van der Waals surface area contributed by atoms with Gasteiger partial charge in [-0.3, -0.25) is 0 Å². The van der Waals surface area contributed by atoms with Crippen LogP contribution in [0, 0.1) is 5.82 Å². The average molecular weight is 283 g/mol. The molecule has 0 saturated heterocycles. The Bertz CT molecular complexity index is 604. The summed E-state index contributed by atoms with van der Waals surface area (Å²) in [5.74, 6) is -1.22. The average Bonchev–Trinajstić information content (AvgIpc) is 2.42. The minimum absolute atomic E-state index is 0.0337. The number of carbonyl (C=O) groups is 1. The Morgan fingerprint density at radius 3 is 2.68 bits per heavy atom. The van der Waals surface area contributed by atoms with Crippen molar-refractivity contribution in [2.75, 3.05) is 7.11 Å². The van der Waals surface area contributed by atoms with Crippen molar-refractivity contribution >= 4 is 17.6 Å². The van der Waals surface area contributed by atoms with Crippen LogP contribution in [0.2, 0.25) is 5.02 Å². The highest BCUT2D eigenvalue weighted by molar-refractivity contribution is 6.30. The second-order valence-electron chi connectivity index (χ2n) is 3.41. The van der Waals surface area contributed by atoms with Crippen molar-refractivity contribution in [1.29, 1.82) is 0 Å². The summed E-state index contributed by atoms with van der Waals surface area (Å²) in [7, 11) is 1.23. The summed E-state index contributed by atoms with van der Waals surface area (Å²) in [6.07, 6.45) is 2.37. The fourth-order valence-corrected chi connectivity index (χ4v) is 1.41. The predicted molar refractivity (Wildman–Crippen MR) is 64.9 cm³/mol. The molecule has 1 aromatic heterocycles. The molecule has 0 N–H and O–H groups in total. The number of rotatable bonds is 3. The SMILES string of the molecule is COC(=O)c1cnc(Oc2ccc(Cl)cc2F)cn1. The van der Waals surface area contributed by atoms with Crippen LogP contribution < -0.4 is 4.74 Å². The summed E-state index contributed by atoms with van der Waals surface area (Å²) >= 11 is 5.62. The maximum atomic E-state index is 13.5. The van der Waals surface area contributed by atoms with E-state index in [1.54, 1.807) is 0 Å². The van der Waals surface area contributed by atoms with E-state index in [2.05, 4.69) is 14.7 Å². The first-order valence-corrected chi connectivity index (χ1v) is 5.51. The summed E-state index contributed by atoms with van der Waals surface area (Å²) in [6, 6.07) is 3.97. The summed E-state index contributed by atoms with van der Waals surface area (Å²) < 4.78 is 23.1. The van der Waals surface area contributed by atoms with Crippen molar-refractivity contribution < 1.29 is 18.7 Å². The molecule has 0 amide bonds. The van der Waals surface area contributed by atoms with Gasteiger partial charge in [-0.05, 0) is 18.2 Å². The Balaban J connectivity index is 2.17. The van der Waals surface area contributed by atoms with Gasteiger partial charge in [0.2, 0.25) is 5.88 Å². The third-order valence-corrected chi connectivity index (χ3v) is 2.37. The van der Waals surface area contributed by atoms with E-state index in [1.807, 2.05) is 0 Å². The molecule has 0 bridgehead atoms. The zero-order valence-electron chi connectivity index (χ0n) is 9.76. The highest BCUT2D eigenvalue weighted by Crippen LogP contribution is 2.25. The van der Waals surface area contributed by atoms with Gasteiger partial charge in [-0.1, -0.05) is 11.6 Å². The molecule has 0 radical (unpaired) electrons. The van der Waals surface area contributed by atoms with Crippen molar-refractivity contribution in [3.05, 3.63) is 47.1 Å². The molecule has 1 aromatic carbocycles. The lowest BCUT2D eigenvalue weighted by Crippen LogP contribution is -2.05. The van der Waals surface area contributed by atoms with Crippen LogP contribution in [0.5, 0.6) is 11.6 Å². The number of halogens is 2. The molecule has 5 nitrogen and oxygen atoms in total. The van der Waals surface area contributed by atoms with Crippen LogP contribution in [-0.4, -0.2) is 23.0 Å². The quantitative estimate of drug-likeness (QED) is 0.810. The van der Waals surface area contributed by atoms with Crippen molar-refractivity contribution in [3.8, 4) is 11.6 Å². The zero-order valence-corrected chi connectivity index (χ0v) is 10.5. The van der Waals surface area contributed by atoms with Gasteiger partial charge in [0, 0.05) is 5.02 Å². The standard InChI is InChI=1S/C12H8ClFN2O3/c1-18-12(17)9-5-16-11(6-15-9)19-10-3-2-7(13)4-8(10)14/h2-6H,1H3. The lowest BCUT2D eigenvalue weighted by atomic mass is 10.3. The molecule has 0 atom stereocenters. The van der Waals surface area contributed by atoms with Crippen LogP contribution in [0.3, 0.4) is 0 Å². The monoisotopic (exact) mass is 282 g/mol. The first kappa shape index (κ1) is 13.2. The number of methoxy groups -OCH3 is 1. The summed E-state index contributed by atoms with van der Waals surface area (Å²) in [4.78, 5) is 18.7. The first-order valence-electron chi connectivity index (χ1n) is 5.13. The molecule has 98 valence electrons. The van der Waals surface area contributed by atoms with E-state index in [0.29, 0.717) is 0 Å². The summed E-state index contributed by atoms with van der Waals surface area (Å²) in [5, 5.41) is 0.261. The highest BCUT2D eigenvalue weighted by Gasteiger charge is 2.10. The highest BCUT2D eigenvalue weighted by atomic mass is 35.5. The van der Waals surface area contributed by atoms with E-state index < -0.39 is 11.8 Å². The number of ether oxygens (including phenoxy) is 2. The van der Waals surface area contributed by atoms with Gasteiger partial charge in [0.15, 0.2) is 17.3 Å². The molecule has 0 aliphatic heterocycles. The van der Waals surface area contributed by atoms with E-state index in [-0.39, 0.29) is 22.3 Å². The van der Waals surface area contributed by atoms with Crippen molar-refractivity contribution in [3.63, 3.8) is 0 Å². The third-order valence-electron chi connectivity index (χ3n) is 2.13. The molecule has 0 aliphatic carbocycles. The Labute approximate surface area is 113 Å². The molecular formula is C12H8ClFN2O3. The van der Waals surface area contributed by atoms with E-state index in [9.17, 15) is 9.18 Å². The van der Waals surface area contributed by atoms with Crippen molar-refractivity contribution in [1.82, 2.24) is 9.97 Å². The predicted octanol–water partition coefficient (Wildman–Crippen LogP) is 2.85. The van der Waals surface area contributed by atoms with E-state index >= 15 is 0 Å². The number of carbonyl (C=O) groups excluding carboxylic acids is 1. The van der Waals surface area contributed by atoms with Crippen LogP contribution in [0.15, 0.2) is 30.6 Å². The number of benzene rings is 1. The normalized spacial score (nSPS) is 10.1. The molecule has 0 aliphatic rings. The van der Waals surface area contributed by atoms with Crippen molar-refractivity contribution in [2.24, 2.45) is 0 Å². The molecule has 19 heavy (non-hydrogen) atoms. The Morgan fingerprint density at radius 2 is 2.11 bits per heavy atom. The molecule has 7 heteroatoms. The van der Waals surface area contributed by atoms with Gasteiger partial charge in [-0.25, -0.2) is 19.2 Å². The minimum Gasteiger partial charge on any atom is -0.464 e. The summed E-state index contributed by atoms with van der Waals surface area (Å²) in [6.45, 7) is 0. The van der Waals surface area contributed by atoms with Gasteiger partial charge >= 0.3 is 5.97 Å². The molecular weight excluding hydrogens is 275 g/mol. The van der Waals surface area contributed by atoms with E-state index in [0.717, 1.165) is 6.07 Å². The molecule has 0 saturated carbocycles. The number of nitrogens with zero attached hydrogens (tertiary/aromatic N) is 2. The number of hydrogen-bond acceptors (Lipinski definition) is 5.